The summed E-state index contributed by atoms with van der Waals surface area (Å²) in [7, 11) is 3.28. The number of ether oxygens (including phenoxy) is 1. The van der Waals surface area contributed by atoms with Gasteiger partial charge in [-0.3, -0.25) is 9.59 Å². The third-order valence-electron chi connectivity index (χ3n) is 8.89. The number of aromatic nitrogens is 4. The molecule has 9 nitrogen and oxygen atoms in total. The van der Waals surface area contributed by atoms with E-state index in [1.807, 2.05) is 0 Å². The van der Waals surface area contributed by atoms with Gasteiger partial charge in [-0.25, -0.2) is 35.1 Å². The molecular weight excluding hydrogens is 759 g/mol. The molecule has 4 heterocycles. The van der Waals surface area contributed by atoms with E-state index in [1.165, 1.54) is 4.57 Å². The largest absolute Gasteiger partial charge is 1.00 e. The van der Waals surface area contributed by atoms with Crippen LogP contribution in [0.4, 0.5) is 35.1 Å². The summed E-state index contributed by atoms with van der Waals surface area (Å²) in [5.41, 5.74) is 0.790. The van der Waals surface area contributed by atoms with E-state index >= 15 is 0 Å². The molecule has 6 rings (SSSR count). The van der Waals surface area contributed by atoms with Crippen molar-refractivity contribution in [2.75, 3.05) is 6.61 Å². The Bertz CT molecular complexity index is 2130. The van der Waals surface area contributed by atoms with Crippen LogP contribution < -0.4 is 29.6 Å². The molecule has 0 unspecified atom stereocenters. The predicted molar refractivity (Wildman–Crippen MR) is 168 cm³/mol. The quantitative estimate of drug-likeness (QED) is 0.100. The third kappa shape index (κ3) is 7.79. The second-order valence-electron chi connectivity index (χ2n) is 11.8. The Labute approximate surface area is 323 Å². The molecule has 276 valence electrons. The fourth-order valence-corrected chi connectivity index (χ4v) is 7.20. The van der Waals surface area contributed by atoms with Crippen molar-refractivity contribution in [1.29, 1.82) is 0 Å². The Hall–Kier alpha value is -3.36. The number of nitrogens with zero attached hydrogens (tertiary/aromatic N) is 4. The first-order chi connectivity index (χ1) is 23.5. The fraction of sp³-hybridized carbons (Fsp3) is 0.375. The molecule has 0 fully saturated rings. The third-order valence-corrected chi connectivity index (χ3v) is 9.88. The summed E-state index contributed by atoms with van der Waals surface area (Å²) in [5.74, 6) is -14.7. The van der Waals surface area contributed by atoms with Crippen molar-refractivity contribution in [2.24, 2.45) is 14.1 Å². The number of hydrogen-bond donors (Lipinski definition) is 1. The number of carboxylic acids is 1. The average Bonchev–Trinajstić information content (AvgIpc) is 3.77. The van der Waals surface area contributed by atoms with Gasteiger partial charge in [-0.1, -0.05) is 0 Å². The van der Waals surface area contributed by atoms with E-state index in [4.69, 9.17) is 34.3 Å². The zero-order valence-electron chi connectivity index (χ0n) is 28.0. The van der Waals surface area contributed by atoms with E-state index in [0.717, 1.165) is 0 Å². The van der Waals surface area contributed by atoms with Crippen LogP contribution in [0.5, 0.6) is 0 Å². The summed E-state index contributed by atoms with van der Waals surface area (Å²) < 4.78 is 122. The number of imidazole rings is 2. The van der Waals surface area contributed by atoms with Gasteiger partial charge in [-0.15, -0.1) is 0 Å². The van der Waals surface area contributed by atoms with Gasteiger partial charge in [0.05, 0.1) is 30.8 Å². The molecule has 20 heteroatoms. The molecular formula is C32H29F8N4NaO5S2. The van der Waals surface area contributed by atoms with E-state index in [9.17, 15) is 44.7 Å². The molecule has 0 bridgehead atoms. The number of fused-ring (bicyclic) bond motifs is 2. The van der Waals surface area contributed by atoms with Crippen LogP contribution in [-0.4, -0.2) is 47.4 Å². The summed E-state index contributed by atoms with van der Waals surface area (Å²) in [5, 5.41) is 9.00. The summed E-state index contributed by atoms with van der Waals surface area (Å²) in [4.78, 5) is 22.8. The molecule has 0 radical (unpaired) electrons. The maximum Gasteiger partial charge on any atom is 1.00 e. The SMILES string of the molecule is CCOC(=O)Cc1c2n(c(=S)n1C)C[C@@H](c1c(F)c(F)cc(F)c1F)C2.Cn1c(CC(=O)O)c2n(c1=S)C[C@@H](c1c(F)c(F)cc(F)c1F)C2.[Na+].[OH-]. The van der Waals surface area contributed by atoms with E-state index in [0.29, 0.717) is 32.3 Å². The van der Waals surface area contributed by atoms with Crippen molar-refractivity contribution in [1.82, 2.24) is 18.3 Å². The molecule has 0 aliphatic carbocycles. The van der Waals surface area contributed by atoms with Gasteiger partial charge < -0.3 is 33.6 Å². The zero-order chi connectivity index (χ0) is 36.9. The first kappa shape index (κ1) is 43.0. The molecule has 2 aromatic carbocycles. The Morgan fingerprint density at radius 3 is 1.40 bits per heavy atom. The van der Waals surface area contributed by atoms with Crippen LogP contribution in [0.1, 0.15) is 52.7 Å². The van der Waals surface area contributed by atoms with E-state index < -0.39 is 81.4 Å². The molecule has 2 aromatic heterocycles. The number of halogens is 8. The molecule has 2 N–H and O–H groups in total. The van der Waals surface area contributed by atoms with Gasteiger partial charge in [-0.2, -0.15) is 0 Å². The molecule has 2 atom stereocenters. The monoisotopic (exact) mass is 788 g/mol. The summed E-state index contributed by atoms with van der Waals surface area (Å²) in [6.07, 6.45) is -0.205. The minimum atomic E-state index is -1.46. The molecule has 52 heavy (non-hydrogen) atoms. The Balaban J connectivity index is 0.000000271. The first-order valence-electron chi connectivity index (χ1n) is 15.1. The molecule has 0 saturated carbocycles. The van der Waals surface area contributed by atoms with Crippen LogP contribution in [0.25, 0.3) is 0 Å². The maximum atomic E-state index is 14.1. The molecule has 0 amide bonds. The summed E-state index contributed by atoms with van der Waals surface area (Å²) in [6.45, 7) is 2.00. The predicted octanol–water partition coefficient (Wildman–Crippen LogP) is 3.46. The number of esters is 1. The van der Waals surface area contributed by atoms with Crippen LogP contribution in [0.15, 0.2) is 12.1 Å². The van der Waals surface area contributed by atoms with Crippen LogP contribution >= 0.6 is 24.4 Å². The number of aliphatic carboxylic acids is 1. The Morgan fingerprint density at radius 2 is 1.08 bits per heavy atom. The van der Waals surface area contributed by atoms with Crippen molar-refractivity contribution < 1.29 is 89.6 Å². The summed E-state index contributed by atoms with van der Waals surface area (Å²) >= 11 is 10.5. The van der Waals surface area contributed by atoms with Gasteiger partial charge in [0.2, 0.25) is 0 Å². The van der Waals surface area contributed by atoms with Crippen LogP contribution in [-0.2, 0) is 67.2 Å². The summed E-state index contributed by atoms with van der Waals surface area (Å²) in [6, 6.07) is 0.353. The van der Waals surface area contributed by atoms with Gasteiger partial charge in [0.15, 0.2) is 56.1 Å². The Kier molecular flexibility index (Phi) is 13.9. The average molecular weight is 789 g/mol. The molecule has 0 spiro atoms. The second-order valence-corrected chi connectivity index (χ2v) is 12.5. The normalized spacial score (nSPS) is 15.6. The molecule has 0 saturated heterocycles. The number of carbonyl (C=O) groups excluding carboxylic acids is 1. The van der Waals surface area contributed by atoms with Crippen molar-refractivity contribution >= 4 is 36.4 Å². The molecule has 2 aliphatic heterocycles. The Morgan fingerprint density at radius 1 is 0.731 bits per heavy atom. The minimum absolute atomic E-state index is 0. The van der Waals surface area contributed by atoms with Crippen molar-refractivity contribution in [3.63, 3.8) is 0 Å². The number of rotatable bonds is 7. The fourth-order valence-electron chi connectivity index (χ4n) is 6.61. The van der Waals surface area contributed by atoms with E-state index in [2.05, 4.69) is 0 Å². The van der Waals surface area contributed by atoms with Gasteiger partial charge in [0.25, 0.3) is 0 Å². The number of carboxylic acid groups (broad SMARTS) is 1. The van der Waals surface area contributed by atoms with Gasteiger partial charge in [0, 0.05) is 73.7 Å². The van der Waals surface area contributed by atoms with E-state index in [-0.39, 0.29) is 92.5 Å². The van der Waals surface area contributed by atoms with Crippen LogP contribution in [0.2, 0.25) is 0 Å². The van der Waals surface area contributed by atoms with Crippen molar-refractivity contribution in [2.45, 2.75) is 57.5 Å². The molecule has 4 aromatic rings. The zero-order valence-corrected chi connectivity index (χ0v) is 31.6. The van der Waals surface area contributed by atoms with Crippen LogP contribution in [0, 0.1) is 56.1 Å². The second kappa shape index (κ2) is 16.8. The van der Waals surface area contributed by atoms with Crippen molar-refractivity contribution in [3.8, 4) is 0 Å². The minimum Gasteiger partial charge on any atom is -0.870 e. The number of carbonyl (C=O) groups is 2. The maximum absolute atomic E-state index is 14.1. The standard InChI is InChI=1S/C17H16F4N2O2S.C15H12F4N2O2S.Na.H2O/c1-3-25-13(24)6-11-12-4-8(7-23(12)17(26)22(11)2)14-15(20)9(18)5-10(19)16(14)21;1-20-9(4-11(22)23)10-2-6(5-21(10)15(20)24)12-13(18)7(16)3-8(17)14(12)19;;/h5,8H,3-4,6-7H2,1-2H3;3,6H,2,4-5H2,1H3,(H,22,23);;1H2/q;;+1;/p-1/t8-;6-;;/m00../s1. The smallest absolute Gasteiger partial charge is 0.870 e. The van der Waals surface area contributed by atoms with Crippen molar-refractivity contribution in [3.05, 3.63) is 102 Å². The van der Waals surface area contributed by atoms with Crippen LogP contribution in [0.3, 0.4) is 0 Å². The van der Waals surface area contributed by atoms with Gasteiger partial charge in [-0.05, 0) is 44.2 Å². The van der Waals surface area contributed by atoms with Gasteiger partial charge >= 0.3 is 41.5 Å². The first-order valence-corrected chi connectivity index (χ1v) is 15.9. The van der Waals surface area contributed by atoms with E-state index in [1.54, 1.807) is 34.7 Å². The number of benzene rings is 2. The number of hydrogen-bond acceptors (Lipinski definition) is 6. The topological polar surface area (TPSA) is 113 Å². The van der Waals surface area contributed by atoms with Gasteiger partial charge in [0.1, 0.15) is 0 Å². The molecule has 2 aliphatic rings.